The molecule has 0 aliphatic heterocycles. The molecule has 0 atom stereocenters. The number of benzene rings is 2. The first-order valence-electron chi connectivity index (χ1n) is 7.34. The lowest BCUT2D eigenvalue weighted by Crippen LogP contribution is -2.33. The molecule has 1 aliphatic carbocycles. The van der Waals surface area contributed by atoms with Gasteiger partial charge in [-0.15, -0.1) is 0 Å². The normalized spacial score (nSPS) is 14.8. The molecule has 0 amide bonds. The maximum absolute atomic E-state index is 2.32. The summed E-state index contributed by atoms with van der Waals surface area (Å²) in [5.41, 5.74) is 2.83. The van der Waals surface area contributed by atoms with Gasteiger partial charge in [-0.05, 0) is 17.5 Å². The second-order valence-corrected chi connectivity index (χ2v) is 5.35. The van der Waals surface area contributed by atoms with Crippen LogP contribution >= 0.6 is 0 Å². The highest BCUT2D eigenvalue weighted by Crippen LogP contribution is 2.44. The first-order valence-corrected chi connectivity index (χ1v) is 7.34. The molecule has 0 fully saturated rings. The predicted octanol–water partition coefficient (Wildman–Crippen LogP) is 5.12. The zero-order valence-corrected chi connectivity index (χ0v) is 11.9. The smallest absolute Gasteiger partial charge is 0.0297 e. The molecule has 3 rings (SSSR count). The molecule has 0 heterocycles. The van der Waals surface area contributed by atoms with E-state index in [0.29, 0.717) is 5.92 Å². The van der Waals surface area contributed by atoms with E-state index in [4.69, 9.17) is 0 Å². The van der Waals surface area contributed by atoms with Gasteiger partial charge in [0.1, 0.15) is 0 Å². The second-order valence-electron chi connectivity index (χ2n) is 5.35. The Balaban J connectivity index is 2.21. The number of allylic oxidation sites excluding steroid dienone is 4. The Kier molecular flexibility index (Phi) is 3.56. The van der Waals surface area contributed by atoms with E-state index in [-0.39, 0.29) is 5.41 Å². The Bertz CT molecular complexity index is 554. The molecule has 0 nitrogen and oxygen atoms in total. The average molecular weight is 260 g/mol. The monoisotopic (exact) mass is 260 g/mol. The highest BCUT2D eigenvalue weighted by atomic mass is 14.4. The van der Waals surface area contributed by atoms with Gasteiger partial charge in [-0.3, -0.25) is 0 Å². The van der Waals surface area contributed by atoms with Gasteiger partial charge in [0.15, 0.2) is 0 Å². The van der Waals surface area contributed by atoms with E-state index < -0.39 is 0 Å². The Hall–Kier alpha value is -2.08. The van der Waals surface area contributed by atoms with E-state index in [9.17, 15) is 0 Å². The minimum Gasteiger partial charge on any atom is -0.0764 e. The topological polar surface area (TPSA) is 0 Å². The summed E-state index contributed by atoms with van der Waals surface area (Å²) in [5.74, 6) is 0.428. The van der Waals surface area contributed by atoms with E-state index in [0.717, 1.165) is 6.42 Å². The Morgan fingerprint density at radius 3 is 1.60 bits per heavy atom. The van der Waals surface area contributed by atoms with E-state index in [1.54, 1.807) is 0 Å². The molecule has 2 aromatic carbocycles. The van der Waals surface area contributed by atoms with Crippen molar-refractivity contribution in [1.82, 2.24) is 0 Å². The van der Waals surface area contributed by atoms with Gasteiger partial charge in [0, 0.05) is 11.3 Å². The van der Waals surface area contributed by atoms with Crippen molar-refractivity contribution in [3.8, 4) is 0 Å². The Morgan fingerprint density at radius 2 is 1.20 bits per heavy atom. The summed E-state index contributed by atoms with van der Waals surface area (Å²) in [6.07, 6.45) is 10.1. The summed E-state index contributed by atoms with van der Waals surface area (Å²) in [6, 6.07) is 21.8. The van der Waals surface area contributed by atoms with Gasteiger partial charge in [-0.25, -0.2) is 0 Å². The molecule has 100 valence electrons. The molecule has 0 N–H and O–H groups in total. The van der Waals surface area contributed by atoms with Crippen molar-refractivity contribution in [1.29, 1.82) is 0 Å². The molecular formula is C20H20. The van der Waals surface area contributed by atoms with Gasteiger partial charge >= 0.3 is 0 Å². The van der Waals surface area contributed by atoms with Crippen LogP contribution in [-0.2, 0) is 5.41 Å². The molecule has 1 aliphatic rings. The minimum absolute atomic E-state index is 0.0338. The van der Waals surface area contributed by atoms with Crippen LogP contribution < -0.4 is 0 Å². The standard InChI is InChI=1S/C20H20/c1-2-20(19-15-9-10-16-19,17-11-5-3-6-12-17)18-13-7-4-8-14-18/h3-16,19H,2H2,1H3. The maximum atomic E-state index is 2.32. The van der Waals surface area contributed by atoms with Crippen LogP contribution in [0.4, 0.5) is 0 Å². The summed E-state index contributed by atoms with van der Waals surface area (Å²) in [5, 5.41) is 0. The number of hydrogen-bond acceptors (Lipinski definition) is 0. The fourth-order valence-electron chi connectivity index (χ4n) is 3.43. The highest BCUT2D eigenvalue weighted by Gasteiger charge is 2.38. The molecule has 20 heavy (non-hydrogen) atoms. The zero-order chi connectivity index (χ0) is 13.8. The van der Waals surface area contributed by atoms with Crippen molar-refractivity contribution in [3.63, 3.8) is 0 Å². The third kappa shape index (κ3) is 2.02. The van der Waals surface area contributed by atoms with E-state index in [1.165, 1.54) is 11.1 Å². The number of rotatable bonds is 4. The summed E-state index contributed by atoms with van der Waals surface area (Å²) in [6.45, 7) is 2.29. The summed E-state index contributed by atoms with van der Waals surface area (Å²) < 4.78 is 0. The van der Waals surface area contributed by atoms with E-state index in [1.807, 2.05) is 0 Å². The predicted molar refractivity (Wildman–Crippen MR) is 85.7 cm³/mol. The van der Waals surface area contributed by atoms with Crippen molar-refractivity contribution >= 4 is 0 Å². The van der Waals surface area contributed by atoms with Crippen molar-refractivity contribution < 1.29 is 0 Å². The van der Waals surface area contributed by atoms with Gasteiger partial charge in [0.25, 0.3) is 0 Å². The minimum atomic E-state index is 0.0338. The lowest BCUT2D eigenvalue weighted by molar-refractivity contribution is 0.426. The molecular weight excluding hydrogens is 240 g/mol. The van der Waals surface area contributed by atoms with Gasteiger partial charge in [-0.2, -0.15) is 0 Å². The van der Waals surface area contributed by atoms with Crippen molar-refractivity contribution in [3.05, 3.63) is 96.1 Å². The molecule has 0 saturated heterocycles. The molecule has 2 aromatic rings. The first kappa shape index (κ1) is 12.9. The molecule has 0 heteroatoms. The summed E-state index contributed by atoms with van der Waals surface area (Å²) in [7, 11) is 0. The van der Waals surface area contributed by atoms with E-state index >= 15 is 0 Å². The maximum Gasteiger partial charge on any atom is 0.0297 e. The average Bonchev–Trinajstić information content (AvgIpc) is 3.06. The molecule has 0 bridgehead atoms. The lowest BCUT2D eigenvalue weighted by Gasteiger charge is -2.38. The molecule has 0 saturated carbocycles. The third-order valence-corrected chi connectivity index (χ3v) is 4.45. The van der Waals surface area contributed by atoms with Crippen molar-refractivity contribution in [2.24, 2.45) is 5.92 Å². The van der Waals surface area contributed by atoms with E-state index in [2.05, 4.69) is 91.9 Å². The third-order valence-electron chi connectivity index (χ3n) is 4.45. The van der Waals surface area contributed by atoms with Gasteiger partial charge in [-0.1, -0.05) is 91.9 Å². The van der Waals surface area contributed by atoms with Crippen LogP contribution in [0.5, 0.6) is 0 Å². The van der Waals surface area contributed by atoms with Crippen LogP contribution in [0.25, 0.3) is 0 Å². The van der Waals surface area contributed by atoms with Crippen molar-refractivity contribution in [2.45, 2.75) is 18.8 Å². The Labute approximate surface area is 121 Å². The Morgan fingerprint density at radius 1 is 0.750 bits per heavy atom. The lowest BCUT2D eigenvalue weighted by atomic mass is 9.64. The van der Waals surface area contributed by atoms with Crippen LogP contribution in [-0.4, -0.2) is 0 Å². The van der Waals surface area contributed by atoms with Gasteiger partial charge < -0.3 is 0 Å². The second kappa shape index (κ2) is 5.50. The van der Waals surface area contributed by atoms with Crippen LogP contribution in [0, 0.1) is 5.92 Å². The van der Waals surface area contributed by atoms with Crippen LogP contribution in [0.2, 0.25) is 0 Å². The fraction of sp³-hybridized carbons (Fsp3) is 0.200. The van der Waals surface area contributed by atoms with Crippen LogP contribution in [0.3, 0.4) is 0 Å². The van der Waals surface area contributed by atoms with Gasteiger partial charge in [0.2, 0.25) is 0 Å². The van der Waals surface area contributed by atoms with Crippen LogP contribution in [0.1, 0.15) is 24.5 Å². The first-order chi connectivity index (χ1) is 9.88. The summed E-state index contributed by atoms with van der Waals surface area (Å²) in [4.78, 5) is 0. The molecule has 0 radical (unpaired) electrons. The van der Waals surface area contributed by atoms with Crippen LogP contribution in [0.15, 0.2) is 85.0 Å². The summed E-state index contributed by atoms with van der Waals surface area (Å²) >= 11 is 0. The number of hydrogen-bond donors (Lipinski definition) is 0. The van der Waals surface area contributed by atoms with Gasteiger partial charge in [0.05, 0.1) is 0 Å². The molecule has 0 aromatic heterocycles. The zero-order valence-electron chi connectivity index (χ0n) is 11.9. The largest absolute Gasteiger partial charge is 0.0764 e. The van der Waals surface area contributed by atoms with Crippen molar-refractivity contribution in [2.75, 3.05) is 0 Å². The quantitative estimate of drug-likeness (QED) is 0.715. The SMILES string of the molecule is CCC(c1ccccc1)(c1ccccc1)C1C=CC=C1. The fourth-order valence-corrected chi connectivity index (χ4v) is 3.43. The molecule has 0 spiro atoms. The molecule has 0 unspecified atom stereocenters. The highest BCUT2D eigenvalue weighted by molar-refractivity contribution is 5.44.